The molecular weight excluding hydrogens is 554 g/mol. The fourth-order valence-corrected chi connectivity index (χ4v) is 9.01. The third-order valence-electron chi connectivity index (χ3n) is 5.74. The van der Waals surface area contributed by atoms with Gasteiger partial charge in [-0.1, -0.05) is 6.42 Å². The van der Waals surface area contributed by atoms with Gasteiger partial charge in [0.25, 0.3) is 0 Å². The average Bonchev–Trinajstić information content (AvgIpc) is 3.53. The number of rotatable bonds is 10. The highest BCUT2D eigenvalue weighted by Crippen LogP contribution is 2.66. The normalized spacial score (nSPS) is 29.9. The smallest absolute Gasteiger partial charge is 0.339 e. The molecule has 0 bridgehead atoms. The minimum Gasteiger partial charge on any atom is -0.461 e. The van der Waals surface area contributed by atoms with E-state index in [1.807, 2.05) is 0 Å². The predicted molar refractivity (Wildman–Crippen MR) is 140 cm³/mol. The molecule has 0 N–H and O–H groups in total. The molecule has 12 nitrogen and oxygen atoms in total. The lowest BCUT2D eigenvalue weighted by Crippen LogP contribution is -2.40. The van der Waals surface area contributed by atoms with E-state index < -0.39 is 89.5 Å². The number of hydrogen-bond donors (Lipinski definition) is 0. The van der Waals surface area contributed by atoms with Crippen molar-refractivity contribution >= 4 is 40.6 Å². The van der Waals surface area contributed by atoms with Crippen molar-refractivity contribution in [1.82, 2.24) is 0 Å². The first-order chi connectivity index (χ1) is 18.3. The number of ether oxygens (including phenoxy) is 4. The molecule has 2 aliphatic heterocycles. The summed E-state index contributed by atoms with van der Waals surface area (Å²) in [6.07, 6.45) is -4.66. The number of carbonyl (C=O) groups is 4. The molecule has 14 heteroatoms. The highest BCUT2D eigenvalue weighted by atomic mass is 31.2. The van der Waals surface area contributed by atoms with Crippen molar-refractivity contribution in [3.05, 3.63) is 0 Å². The van der Waals surface area contributed by atoms with Crippen LogP contribution in [-0.2, 0) is 56.2 Å². The Morgan fingerprint density at radius 1 is 0.513 bits per heavy atom. The maximum absolute atomic E-state index is 12.8. The van der Waals surface area contributed by atoms with Crippen LogP contribution in [0.4, 0.5) is 0 Å². The topological polar surface area (TPSA) is 142 Å². The van der Waals surface area contributed by atoms with E-state index in [4.69, 9.17) is 37.0 Å². The maximum Gasteiger partial charge on any atom is 0.339 e. The molecule has 0 amide bonds. The van der Waals surface area contributed by atoms with Gasteiger partial charge >= 0.3 is 23.9 Å². The molecule has 1 saturated carbocycles. The van der Waals surface area contributed by atoms with Crippen LogP contribution in [0.15, 0.2) is 0 Å². The van der Waals surface area contributed by atoms with Crippen LogP contribution >= 0.6 is 16.8 Å². The van der Waals surface area contributed by atoms with Gasteiger partial charge in [0.1, 0.15) is 0 Å². The number of carbonyl (C=O) groups excluding carboxylic acids is 4. The van der Waals surface area contributed by atoms with E-state index in [1.165, 1.54) is 0 Å². The number of hydrogen-bond acceptors (Lipinski definition) is 12. The summed E-state index contributed by atoms with van der Waals surface area (Å²) in [4.78, 5) is 51.2. The van der Waals surface area contributed by atoms with Crippen molar-refractivity contribution in [2.45, 2.75) is 135 Å². The van der Waals surface area contributed by atoms with Gasteiger partial charge in [0.2, 0.25) is 0 Å². The maximum atomic E-state index is 12.8. The zero-order valence-corrected chi connectivity index (χ0v) is 25.5. The molecule has 39 heavy (non-hydrogen) atoms. The molecule has 3 rings (SSSR count). The Kier molecular flexibility index (Phi) is 11.5. The van der Waals surface area contributed by atoms with Crippen LogP contribution < -0.4 is 0 Å². The summed E-state index contributed by atoms with van der Waals surface area (Å²) >= 11 is 0. The summed E-state index contributed by atoms with van der Waals surface area (Å²) in [5.74, 6) is -2.82. The van der Waals surface area contributed by atoms with E-state index in [-0.39, 0.29) is 11.3 Å². The third kappa shape index (κ3) is 8.30. The Balaban J connectivity index is 1.79. The Morgan fingerprint density at radius 2 is 0.744 bits per heavy atom. The molecule has 0 unspecified atom stereocenters. The first kappa shape index (κ1) is 32.1. The van der Waals surface area contributed by atoms with Crippen LogP contribution in [0.5, 0.6) is 0 Å². The van der Waals surface area contributed by atoms with Gasteiger partial charge in [-0.25, -0.2) is 19.2 Å². The molecule has 0 aromatic heterocycles. The summed E-state index contributed by atoms with van der Waals surface area (Å²) < 4.78 is 45.4. The van der Waals surface area contributed by atoms with E-state index in [2.05, 4.69) is 0 Å². The van der Waals surface area contributed by atoms with E-state index in [9.17, 15) is 19.2 Å². The quantitative estimate of drug-likeness (QED) is 0.206. The molecular formula is C25H40O12P2. The SMILES string of the molecule is CC(C)OC(=O)[C@H]1OP([C@@H]2CCC[C@H]2P2O[C@H](C(=O)OC(C)C)[C@@H](C(=O)OC(C)C)O2)O[C@@H]1C(=O)OC(C)C. The van der Waals surface area contributed by atoms with Crippen LogP contribution in [-0.4, -0.2) is 84.0 Å². The molecule has 6 atom stereocenters. The molecule has 0 spiro atoms. The Morgan fingerprint density at radius 3 is 0.949 bits per heavy atom. The molecule has 3 fully saturated rings. The lowest BCUT2D eigenvalue weighted by Gasteiger charge is -2.26. The molecule has 2 heterocycles. The molecule has 222 valence electrons. The second-order valence-electron chi connectivity index (χ2n) is 10.7. The van der Waals surface area contributed by atoms with E-state index >= 15 is 0 Å². The van der Waals surface area contributed by atoms with Gasteiger partial charge in [-0.15, -0.1) is 0 Å². The summed E-state index contributed by atoms with van der Waals surface area (Å²) in [5, 5.41) is 0. The van der Waals surface area contributed by atoms with Crippen LogP contribution in [0.1, 0.15) is 74.7 Å². The molecule has 2 saturated heterocycles. The first-order valence-corrected chi connectivity index (χ1v) is 15.8. The van der Waals surface area contributed by atoms with Crippen molar-refractivity contribution in [3.63, 3.8) is 0 Å². The minimum absolute atomic E-state index is 0.279. The predicted octanol–water partition coefficient (Wildman–Crippen LogP) is 3.91. The zero-order chi connectivity index (χ0) is 29.0. The largest absolute Gasteiger partial charge is 0.461 e. The minimum atomic E-state index is -1.76. The van der Waals surface area contributed by atoms with Gasteiger partial charge < -0.3 is 37.0 Å². The molecule has 0 aromatic rings. The van der Waals surface area contributed by atoms with Crippen molar-refractivity contribution in [3.8, 4) is 0 Å². The second kappa shape index (κ2) is 14.0. The van der Waals surface area contributed by atoms with Gasteiger partial charge in [-0.05, 0) is 68.2 Å². The lowest BCUT2D eigenvalue weighted by molar-refractivity contribution is -0.167. The van der Waals surface area contributed by atoms with Crippen molar-refractivity contribution < 1.29 is 56.2 Å². The van der Waals surface area contributed by atoms with E-state index in [0.717, 1.165) is 6.42 Å². The zero-order valence-electron chi connectivity index (χ0n) is 23.7. The van der Waals surface area contributed by atoms with Crippen molar-refractivity contribution in [2.24, 2.45) is 0 Å². The Bertz CT molecular complexity index is 764. The highest BCUT2D eigenvalue weighted by molar-refractivity contribution is 7.53. The van der Waals surface area contributed by atoms with Gasteiger partial charge in [0.15, 0.2) is 41.2 Å². The second-order valence-corrected chi connectivity index (χ2v) is 14.0. The lowest BCUT2D eigenvalue weighted by atomic mass is 10.2. The molecule has 0 aromatic carbocycles. The summed E-state index contributed by atoms with van der Waals surface area (Å²) in [6.45, 7) is 13.6. The molecule has 0 radical (unpaired) electrons. The fourth-order valence-electron chi connectivity index (χ4n) is 4.31. The van der Waals surface area contributed by atoms with E-state index in [1.54, 1.807) is 55.4 Å². The van der Waals surface area contributed by atoms with Gasteiger partial charge in [0, 0.05) is 11.3 Å². The van der Waals surface area contributed by atoms with Gasteiger partial charge in [-0.3, -0.25) is 0 Å². The summed E-state index contributed by atoms with van der Waals surface area (Å²) in [6, 6.07) is 0. The van der Waals surface area contributed by atoms with Gasteiger partial charge in [-0.2, -0.15) is 0 Å². The summed E-state index contributed by atoms with van der Waals surface area (Å²) in [5.41, 5.74) is -0.558. The van der Waals surface area contributed by atoms with Crippen molar-refractivity contribution in [1.29, 1.82) is 0 Å². The molecule has 3 aliphatic rings. The van der Waals surface area contributed by atoms with Crippen LogP contribution in [0.3, 0.4) is 0 Å². The standard InChI is InChI=1S/C25H40O12P2/c1-12(2)30-22(26)18-19(23(27)31-13(3)4)35-38(34-18)16-10-9-11-17(16)39-36-20(24(28)32-14(5)6)21(37-39)25(29)33-15(7)8/h12-21H,9-11H2,1-8H3/t16-,17-,18+,19+,20+,21+/m1/s1. The van der Waals surface area contributed by atoms with Crippen molar-refractivity contribution in [2.75, 3.05) is 0 Å². The third-order valence-corrected chi connectivity index (χ3v) is 10.0. The fraction of sp³-hybridized carbons (Fsp3) is 0.840. The van der Waals surface area contributed by atoms with Gasteiger partial charge in [0.05, 0.1) is 24.4 Å². The molecule has 1 aliphatic carbocycles. The van der Waals surface area contributed by atoms with Crippen LogP contribution in [0, 0.1) is 0 Å². The highest BCUT2D eigenvalue weighted by Gasteiger charge is 2.57. The Labute approximate surface area is 231 Å². The monoisotopic (exact) mass is 594 g/mol. The Hall–Kier alpha value is -1.42. The van der Waals surface area contributed by atoms with E-state index in [0.29, 0.717) is 12.8 Å². The average molecular weight is 595 g/mol. The summed E-state index contributed by atoms with van der Waals surface area (Å²) in [7, 11) is -3.52. The number of esters is 4. The first-order valence-electron chi connectivity index (χ1n) is 13.4. The van der Waals surface area contributed by atoms with Crippen LogP contribution in [0.2, 0.25) is 0 Å². The van der Waals surface area contributed by atoms with Crippen LogP contribution in [0.25, 0.3) is 0 Å².